The van der Waals surface area contributed by atoms with Gasteiger partial charge in [0.05, 0.1) is 6.61 Å². The number of carbonyl (C=O) groups excluding carboxylic acids is 1. The quantitative estimate of drug-likeness (QED) is 0.538. The zero-order chi connectivity index (χ0) is 19.8. The highest BCUT2D eigenvalue weighted by atomic mass is 19.2. The molecule has 6 heteroatoms. The van der Waals surface area contributed by atoms with E-state index < -0.39 is 17.5 Å². The molecule has 0 amide bonds. The van der Waals surface area contributed by atoms with Crippen LogP contribution >= 0.6 is 0 Å². The van der Waals surface area contributed by atoms with Crippen molar-refractivity contribution in [3.05, 3.63) is 52.3 Å². The van der Waals surface area contributed by atoms with Crippen LogP contribution < -0.4 is 9.47 Å². The van der Waals surface area contributed by atoms with Crippen LogP contribution in [0.5, 0.6) is 17.2 Å². The molecular formula is C22H21F3O3. The summed E-state index contributed by atoms with van der Waals surface area (Å²) >= 11 is 0. The first-order valence-electron chi connectivity index (χ1n) is 9.61. The molecule has 0 aromatic heterocycles. The molecule has 2 aromatic rings. The van der Waals surface area contributed by atoms with Crippen molar-refractivity contribution >= 4 is 6.29 Å². The maximum atomic E-state index is 14.8. The van der Waals surface area contributed by atoms with Crippen LogP contribution in [0.2, 0.25) is 0 Å². The van der Waals surface area contributed by atoms with Gasteiger partial charge in [-0.25, -0.2) is 4.39 Å². The van der Waals surface area contributed by atoms with Crippen LogP contribution in [0.15, 0.2) is 18.2 Å². The molecule has 0 radical (unpaired) electrons. The molecule has 1 heterocycles. The van der Waals surface area contributed by atoms with Gasteiger partial charge in [0.15, 0.2) is 23.1 Å². The van der Waals surface area contributed by atoms with Gasteiger partial charge in [-0.05, 0) is 56.2 Å². The molecule has 2 aromatic carbocycles. The lowest BCUT2D eigenvalue weighted by molar-refractivity contribution is -0.111. The summed E-state index contributed by atoms with van der Waals surface area (Å²) in [5.41, 5.74) is 1.39. The van der Waals surface area contributed by atoms with Crippen molar-refractivity contribution in [3.63, 3.8) is 0 Å². The fraction of sp³-hybridized carbons (Fsp3) is 0.409. The third kappa shape index (κ3) is 3.15. The smallest absolute Gasteiger partial charge is 0.207 e. The molecule has 0 saturated heterocycles. The summed E-state index contributed by atoms with van der Waals surface area (Å²) < 4.78 is 54.9. The van der Waals surface area contributed by atoms with Crippen molar-refractivity contribution in [1.82, 2.24) is 0 Å². The lowest BCUT2D eigenvalue weighted by Crippen LogP contribution is -2.17. The van der Waals surface area contributed by atoms with E-state index in [0.29, 0.717) is 42.4 Å². The Morgan fingerprint density at radius 1 is 1.04 bits per heavy atom. The van der Waals surface area contributed by atoms with E-state index in [0.717, 1.165) is 6.29 Å². The van der Waals surface area contributed by atoms with Crippen LogP contribution in [0.4, 0.5) is 13.2 Å². The zero-order valence-electron chi connectivity index (χ0n) is 15.6. The third-order valence-corrected chi connectivity index (χ3v) is 5.70. The van der Waals surface area contributed by atoms with E-state index in [4.69, 9.17) is 9.47 Å². The largest absolute Gasteiger partial charge is 0.491 e. The van der Waals surface area contributed by atoms with E-state index >= 15 is 0 Å². The van der Waals surface area contributed by atoms with Gasteiger partial charge in [-0.15, -0.1) is 0 Å². The molecule has 4 rings (SSSR count). The Bertz CT molecular complexity index is 918. The van der Waals surface area contributed by atoms with Crippen LogP contribution in [0.1, 0.15) is 55.2 Å². The van der Waals surface area contributed by atoms with Gasteiger partial charge >= 0.3 is 0 Å². The number of aldehydes is 1. The van der Waals surface area contributed by atoms with E-state index in [1.165, 1.54) is 6.07 Å². The van der Waals surface area contributed by atoms with E-state index in [-0.39, 0.29) is 42.1 Å². The third-order valence-electron chi connectivity index (χ3n) is 5.70. The van der Waals surface area contributed by atoms with E-state index in [1.807, 2.05) is 0 Å². The normalized spacial score (nSPS) is 20.7. The van der Waals surface area contributed by atoms with Crippen LogP contribution in [0, 0.1) is 23.4 Å². The standard InChI is InChI=1S/C22H21F3O3/c1-2-27-17-8-7-14-9-15-10-16(13-5-3-12(11-26)4-6-13)18(23)20(25)22(15)28-21(14)19(17)24/h7-8,10-13H,2-6,9H2,1H3. The Balaban J connectivity index is 1.68. The molecule has 0 spiro atoms. The van der Waals surface area contributed by atoms with Crippen LogP contribution in [-0.4, -0.2) is 12.9 Å². The van der Waals surface area contributed by atoms with Gasteiger partial charge in [0.25, 0.3) is 0 Å². The Labute approximate surface area is 161 Å². The number of rotatable bonds is 4. The van der Waals surface area contributed by atoms with Gasteiger partial charge in [-0.2, -0.15) is 8.78 Å². The van der Waals surface area contributed by atoms with Crippen LogP contribution in [0.25, 0.3) is 0 Å². The van der Waals surface area contributed by atoms with Gasteiger partial charge in [0, 0.05) is 23.5 Å². The summed E-state index contributed by atoms with van der Waals surface area (Å²) in [6, 6.07) is 4.84. The molecule has 148 valence electrons. The van der Waals surface area contributed by atoms with Crippen LogP contribution in [0.3, 0.4) is 0 Å². The predicted octanol–water partition coefficient (Wildman–Crippen LogP) is 5.67. The second-order valence-corrected chi connectivity index (χ2v) is 7.41. The summed E-state index contributed by atoms with van der Waals surface area (Å²) in [4.78, 5) is 10.9. The van der Waals surface area contributed by atoms with Gasteiger partial charge in [-0.1, -0.05) is 6.07 Å². The number of hydrogen-bond donors (Lipinski definition) is 0. The van der Waals surface area contributed by atoms with Gasteiger partial charge < -0.3 is 14.3 Å². The average Bonchev–Trinajstić information content (AvgIpc) is 2.72. The molecule has 2 aliphatic rings. The number of ether oxygens (including phenoxy) is 2. The first-order valence-corrected chi connectivity index (χ1v) is 9.61. The summed E-state index contributed by atoms with van der Waals surface area (Å²) in [5.74, 6) is -3.22. The maximum absolute atomic E-state index is 14.8. The summed E-state index contributed by atoms with van der Waals surface area (Å²) in [7, 11) is 0. The number of hydrogen-bond acceptors (Lipinski definition) is 3. The first-order chi connectivity index (χ1) is 13.5. The highest BCUT2D eigenvalue weighted by Crippen LogP contribution is 2.46. The predicted molar refractivity (Wildman–Crippen MR) is 97.6 cm³/mol. The topological polar surface area (TPSA) is 35.5 Å². The monoisotopic (exact) mass is 390 g/mol. The molecule has 0 bridgehead atoms. The Morgan fingerprint density at radius 2 is 1.75 bits per heavy atom. The van der Waals surface area contributed by atoms with Crippen molar-refractivity contribution < 1.29 is 27.4 Å². The maximum Gasteiger partial charge on any atom is 0.207 e. The molecule has 1 fully saturated rings. The second-order valence-electron chi connectivity index (χ2n) is 7.41. The Morgan fingerprint density at radius 3 is 2.43 bits per heavy atom. The average molecular weight is 390 g/mol. The Kier molecular flexibility index (Phi) is 5.04. The molecule has 1 saturated carbocycles. The molecule has 1 aliphatic heterocycles. The van der Waals surface area contributed by atoms with E-state index in [9.17, 15) is 18.0 Å². The Hall–Kier alpha value is -2.50. The molecule has 0 N–H and O–H groups in total. The van der Waals surface area contributed by atoms with Gasteiger partial charge in [0.1, 0.15) is 6.29 Å². The van der Waals surface area contributed by atoms with Crippen molar-refractivity contribution in [2.45, 2.75) is 44.9 Å². The molecule has 0 unspecified atom stereocenters. The molecule has 28 heavy (non-hydrogen) atoms. The van der Waals surface area contributed by atoms with Gasteiger partial charge in [-0.3, -0.25) is 0 Å². The molecular weight excluding hydrogens is 369 g/mol. The number of halogens is 3. The highest BCUT2D eigenvalue weighted by molar-refractivity contribution is 5.56. The molecule has 1 aliphatic carbocycles. The van der Waals surface area contributed by atoms with Crippen molar-refractivity contribution in [2.24, 2.45) is 5.92 Å². The van der Waals surface area contributed by atoms with Crippen molar-refractivity contribution in [2.75, 3.05) is 6.61 Å². The SMILES string of the molecule is CCOc1ccc2c(c1F)Oc1c(cc(C3CCC(C=O)CC3)c(F)c1F)C2. The fourth-order valence-corrected chi connectivity index (χ4v) is 4.19. The summed E-state index contributed by atoms with van der Waals surface area (Å²) in [6.45, 7) is 2.01. The lowest BCUT2D eigenvalue weighted by atomic mass is 9.78. The number of carbonyl (C=O) groups is 1. The van der Waals surface area contributed by atoms with Crippen molar-refractivity contribution in [1.29, 1.82) is 0 Å². The lowest BCUT2D eigenvalue weighted by Gasteiger charge is -2.28. The van der Waals surface area contributed by atoms with E-state index in [2.05, 4.69) is 0 Å². The first kappa shape index (κ1) is 18.8. The molecule has 3 nitrogen and oxygen atoms in total. The number of benzene rings is 2. The summed E-state index contributed by atoms with van der Waals surface area (Å²) in [6.07, 6.45) is 3.83. The minimum atomic E-state index is -1.09. The minimum absolute atomic E-state index is 0.000457. The van der Waals surface area contributed by atoms with Crippen LogP contribution in [-0.2, 0) is 11.2 Å². The minimum Gasteiger partial charge on any atom is -0.491 e. The van der Waals surface area contributed by atoms with Crippen molar-refractivity contribution in [3.8, 4) is 17.2 Å². The summed E-state index contributed by atoms with van der Waals surface area (Å²) in [5, 5.41) is 0. The number of fused-ring (bicyclic) bond motifs is 2. The fourth-order valence-electron chi connectivity index (χ4n) is 4.19. The highest BCUT2D eigenvalue weighted by Gasteiger charge is 2.32. The zero-order valence-corrected chi connectivity index (χ0v) is 15.6. The van der Waals surface area contributed by atoms with Gasteiger partial charge in [0.2, 0.25) is 11.6 Å². The second kappa shape index (κ2) is 7.49. The van der Waals surface area contributed by atoms with E-state index in [1.54, 1.807) is 19.1 Å². The molecule has 0 atom stereocenters.